The Bertz CT molecular complexity index is 563. The Kier molecular flexibility index (Phi) is 6.99. The summed E-state index contributed by atoms with van der Waals surface area (Å²) in [6.07, 6.45) is 0. The van der Waals surface area contributed by atoms with E-state index in [0.717, 1.165) is 24.4 Å². The molecule has 0 amide bonds. The van der Waals surface area contributed by atoms with Crippen LogP contribution in [0.4, 0.5) is 0 Å². The number of rotatable bonds is 10. The number of benzene rings is 1. The highest BCUT2D eigenvalue weighted by atomic mass is 16.5. The Hall–Kier alpha value is -1.96. The SMILES string of the molecule is COCCN(CCOC)Cc1nnc(-c2ccc(OC)cc2)o1. The maximum absolute atomic E-state index is 5.75. The van der Waals surface area contributed by atoms with Crippen molar-refractivity contribution in [2.45, 2.75) is 6.54 Å². The minimum Gasteiger partial charge on any atom is -0.497 e. The van der Waals surface area contributed by atoms with Gasteiger partial charge in [0.2, 0.25) is 11.8 Å². The van der Waals surface area contributed by atoms with Crippen LogP contribution in [0.2, 0.25) is 0 Å². The zero-order chi connectivity index (χ0) is 16.5. The lowest BCUT2D eigenvalue weighted by atomic mass is 10.2. The standard InChI is InChI=1S/C16H23N3O4/c1-20-10-8-19(9-11-21-2)12-15-17-18-16(23-15)13-4-6-14(22-3)7-5-13/h4-7H,8-12H2,1-3H3. The van der Waals surface area contributed by atoms with Crippen molar-refractivity contribution < 1.29 is 18.6 Å². The molecule has 1 aromatic heterocycles. The van der Waals surface area contributed by atoms with Crippen LogP contribution in [0, 0.1) is 0 Å². The van der Waals surface area contributed by atoms with Crippen molar-refractivity contribution in [2.75, 3.05) is 47.6 Å². The van der Waals surface area contributed by atoms with E-state index in [1.807, 2.05) is 24.3 Å². The van der Waals surface area contributed by atoms with E-state index >= 15 is 0 Å². The van der Waals surface area contributed by atoms with Gasteiger partial charge in [0.25, 0.3) is 0 Å². The Morgan fingerprint density at radius 3 is 2.17 bits per heavy atom. The summed E-state index contributed by atoms with van der Waals surface area (Å²) in [6, 6.07) is 7.51. The zero-order valence-electron chi connectivity index (χ0n) is 13.8. The van der Waals surface area contributed by atoms with Crippen molar-refractivity contribution in [3.63, 3.8) is 0 Å². The largest absolute Gasteiger partial charge is 0.497 e. The molecule has 0 fully saturated rings. The summed E-state index contributed by atoms with van der Waals surface area (Å²) in [5.74, 6) is 1.86. The summed E-state index contributed by atoms with van der Waals surface area (Å²) in [6.45, 7) is 3.41. The second kappa shape index (κ2) is 9.24. The quantitative estimate of drug-likeness (QED) is 0.661. The highest BCUT2D eigenvalue weighted by molar-refractivity contribution is 5.53. The normalized spacial score (nSPS) is 11.1. The maximum atomic E-state index is 5.75. The van der Waals surface area contributed by atoms with E-state index in [2.05, 4.69) is 15.1 Å². The lowest BCUT2D eigenvalue weighted by Crippen LogP contribution is -2.30. The summed E-state index contributed by atoms with van der Waals surface area (Å²) < 4.78 is 21.1. The van der Waals surface area contributed by atoms with Gasteiger partial charge in [0.05, 0.1) is 26.9 Å². The number of hydrogen-bond acceptors (Lipinski definition) is 7. The lowest BCUT2D eigenvalue weighted by Gasteiger charge is -2.19. The van der Waals surface area contributed by atoms with Crippen LogP contribution in [0.1, 0.15) is 5.89 Å². The Balaban J connectivity index is 2.01. The predicted octanol–water partition coefficient (Wildman–Crippen LogP) is 1.84. The van der Waals surface area contributed by atoms with Gasteiger partial charge in [-0.05, 0) is 24.3 Å². The van der Waals surface area contributed by atoms with E-state index in [9.17, 15) is 0 Å². The van der Waals surface area contributed by atoms with Crippen molar-refractivity contribution in [1.29, 1.82) is 0 Å². The van der Waals surface area contributed by atoms with Crippen LogP contribution in [-0.4, -0.2) is 62.7 Å². The number of hydrogen-bond donors (Lipinski definition) is 0. The number of nitrogens with zero attached hydrogens (tertiary/aromatic N) is 3. The van der Waals surface area contributed by atoms with Crippen LogP contribution in [0.25, 0.3) is 11.5 Å². The summed E-state index contributed by atoms with van der Waals surface area (Å²) in [4.78, 5) is 2.15. The second-order valence-electron chi connectivity index (χ2n) is 4.99. The van der Waals surface area contributed by atoms with E-state index in [1.165, 1.54) is 0 Å². The smallest absolute Gasteiger partial charge is 0.247 e. The third kappa shape index (κ3) is 5.31. The van der Waals surface area contributed by atoms with Crippen LogP contribution in [0.15, 0.2) is 28.7 Å². The Labute approximate surface area is 136 Å². The summed E-state index contributed by atoms with van der Waals surface area (Å²) >= 11 is 0. The maximum Gasteiger partial charge on any atom is 0.247 e. The van der Waals surface area contributed by atoms with E-state index in [1.54, 1.807) is 21.3 Å². The molecule has 1 aromatic carbocycles. The molecule has 7 heteroatoms. The van der Waals surface area contributed by atoms with Crippen molar-refractivity contribution in [3.8, 4) is 17.2 Å². The highest BCUT2D eigenvalue weighted by Crippen LogP contribution is 2.21. The molecular weight excluding hydrogens is 298 g/mol. The van der Waals surface area contributed by atoms with Gasteiger partial charge in [0, 0.05) is 32.9 Å². The Morgan fingerprint density at radius 2 is 1.61 bits per heavy atom. The second-order valence-corrected chi connectivity index (χ2v) is 4.99. The molecular formula is C16H23N3O4. The average molecular weight is 321 g/mol. The van der Waals surface area contributed by atoms with Gasteiger partial charge in [-0.2, -0.15) is 0 Å². The molecule has 0 aliphatic heterocycles. The first-order chi connectivity index (χ1) is 11.3. The van der Waals surface area contributed by atoms with Gasteiger partial charge in [0.1, 0.15) is 5.75 Å². The van der Waals surface area contributed by atoms with Crippen LogP contribution >= 0.6 is 0 Å². The molecule has 0 aliphatic rings. The van der Waals surface area contributed by atoms with Crippen LogP contribution in [-0.2, 0) is 16.0 Å². The van der Waals surface area contributed by atoms with Crippen molar-refractivity contribution >= 4 is 0 Å². The molecule has 23 heavy (non-hydrogen) atoms. The fourth-order valence-corrected chi connectivity index (χ4v) is 2.07. The molecule has 2 aromatic rings. The summed E-state index contributed by atoms with van der Waals surface area (Å²) in [5, 5.41) is 8.23. The molecule has 7 nitrogen and oxygen atoms in total. The van der Waals surface area contributed by atoms with E-state index < -0.39 is 0 Å². The minimum absolute atomic E-state index is 0.501. The first kappa shape index (κ1) is 17.4. The fraction of sp³-hybridized carbons (Fsp3) is 0.500. The lowest BCUT2D eigenvalue weighted by molar-refractivity contribution is 0.105. The van der Waals surface area contributed by atoms with E-state index in [0.29, 0.717) is 31.5 Å². The molecule has 0 saturated carbocycles. The topological polar surface area (TPSA) is 69.9 Å². The third-order valence-corrected chi connectivity index (χ3v) is 3.39. The van der Waals surface area contributed by atoms with Gasteiger partial charge >= 0.3 is 0 Å². The summed E-state index contributed by atoms with van der Waals surface area (Å²) in [5.41, 5.74) is 0.866. The van der Waals surface area contributed by atoms with Crippen LogP contribution in [0.3, 0.4) is 0 Å². The summed E-state index contributed by atoms with van der Waals surface area (Å²) in [7, 11) is 5.00. The third-order valence-electron chi connectivity index (χ3n) is 3.39. The van der Waals surface area contributed by atoms with Gasteiger partial charge < -0.3 is 18.6 Å². The monoisotopic (exact) mass is 321 g/mol. The fourth-order valence-electron chi connectivity index (χ4n) is 2.07. The molecule has 0 atom stereocenters. The predicted molar refractivity (Wildman–Crippen MR) is 85.3 cm³/mol. The van der Waals surface area contributed by atoms with Gasteiger partial charge in [-0.15, -0.1) is 10.2 Å². The zero-order valence-corrected chi connectivity index (χ0v) is 13.8. The van der Waals surface area contributed by atoms with Gasteiger partial charge in [-0.1, -0.05) is 0 Å². The molecule has 126 valence electrons. The van der Waals surface area contributed by atoms with Gasteiger partial charge in [0.15, 0.2) is 0 Å². The average Bonchev–Trinajstić information content (AvgIpc) is 3.06. The van der Waals surface area contributed by atoms with Gasteiger partial charge in [-0.25, -0.2) is 0 Å². The molecule has 0 radical (unpaired) electrons. The first-order valence-electron chi connectivity index (χ1n) is 7.44. The van der Waals surface area contributed by atoms with Crippen LogP contribution in [0.5, 0.6) is 5.75 Å². The van der Waals surface area contributed by atoms with Crippen LogP contribution < -0.4 is 4.74 Å². The molecule has 2 rings (SSSR count). The number of aromatic nitrogens is 2. The van der Waals surface area contributed by atoms with E-state index in [4.69, 9.17) is 18.6 Å². The number of methoxy groups -OCH3 is 3. The number of ether oxygens (including phenoxy) is 3. The minimum atomic E-state index is 0.501. The van der Waals surface area contributed by atoms with Gasteiger partial charge in [-0.3, -0.25) is 4.90 Å². The molecule has 0 bridgehead atoms. The molecule has 0 N–H and O–H groups in total. The van der Waals surface area contributed by atoms with E-state index in [-0.39, 0.29) is 0 Å². The first-order valence-corrected chi connectivity index (χ1v) is 7.44. The highest BCUT2D eigenvalue weighted by Gasteiger charge is 2.13. The molecule has 0 saturated heterocycles. The molecule has 0 unspecified atom stereocenters. The molecule has 0 aliphatic carbocycles. The Morgan fingerprint density at radius 1 is 0.957 bits per heavy atom. The van der Waals surface area contributed by atoms with Crippen molar-refractivity contribution in [1.82, 2.24) is 15.1 Å². The van der Waals surface area contributed by atoms with Crippen molar-refractivity contribution in [2.24, 2.45) is 0 Å². The van der Waals surface area contributed by atoms with Crippen molar-refractivity contribution in [3.05, 3.63) is 30.2 Å². The molecule has 0 spiro atoms. The molecule has 1 heterocycles.